The summed E-state index contributed by atoms with van der Waals surface area (Å²) in [6.45, 7) is 13.9. The van der Waals surface area contributed by atoms with Crippen LogP contribution in [-0.2, 0) is 27.3 Å². The maximum Gasteiger partial charge on any atom is 0.255 e. The van der Waals surface area contributed by atoms with Crippen molar-refractivity contribution in [2.75, 3.05) is 20.2 Å². The smallest absolute Gasteiger partial charge is 0.255 e. The Labute approximate surface area is 276 Å². The second kappa shape index (κ2) is 11.9. The molecule has 10 heteroatoms. The molecule has 47 heavy (non-hydrogen) atoms. The van der Waals surface area contributed by atoms with E-state index in [2.05, 4.69) is 24.8 Å². The number of hydrogen-bond acceptors (Lipinski definition) is 9. The van der Waals surface area contributed by atoms with Crippen LogP contribution in [0.25, 0.3) is 16.9 Å². The lowest BCUT2D eigenvalue weighted by atomic mass is 9.45. The van der Waals surface area contributed by atoms with Crippen molar-refractivity contribution in [3.8, 4) is 16.9 Å². The van der Waals surface area contributed by atoms with E-state index >= 15 is 0 Å². The fourth-order valence-corrected chi connectivity index (χ4v) is 8.36. The zero-order valence-corrected chi connectivity index (χ0v) is 28.4. The number of Topliss-reactive ketones (excluding diaryl/α,β-unsaturated/α-hetero) is 2. The van der Waals surface area contributed by atoms with E-state index in [4.69, 9.17) is 16.2 Å². The standard InChI is InChI=1S/C37H47N3O7/c1-8-40(9-2)17-21-11-13-26(47-7)23(15-21)22-12-10-20(5)27-24(22)16-36(39)18-35(6)25(14-19(3)4)30(41)28(34(38)45)32(43)37(35,46)33(44)29(36)31(27)42/h10-13,15,19,25,42-43,46H,8-9,14,16-18,39H2,1-7H3,(H2,38,45)/t25?,35?,36?,37-/m1/s1. The highest BCUT2D eigenvalue weighted by atomic mass is 16.5. The van der Waals surface area contributed by atoms with Crippen LogP contribution in [0.1, 0.15) is 69.7 Å². The molecule has 0 aliphatic heterocycles. The highest BCUT2D eigenvalue weighted by Gasteiger charge is 2.72. The van der Waals surface area contributed by atoms with E-state index in [1.807, 2.05) is 45.0 Å². The second-order valence-electron chi connectivity index (χ2n) is 14.1. The number of aliphatic hydroxyl groups excluding tert-OH is 2. The van der Waals surface area contributed by atoms with Crippen molar-refractivity contribution in [3.63, 3.8) is 0 Å². The number of rotatable bonds is 9. The third-order valence-electron chi connectivity index (χ3n) is 10.8. The van der Waals surface area contributed by atoms with Gasteiger partial charge in [0.15, 0.2) is 11.4 Å². The van der Waals surface area contributed by atoms with Gasteiger partial charge in [-0.25, -0.2) is 0 Å². The van der Waals surface area contributed by atoms with Gasteiger partial charge in [-0.2, -0.15) is 0 Å². The molecule has 5 rings (SSSR count). The maximum absolute atomic E-state index is 14.6. The predicted molar refractivity (Wildman–Crippen MR) is 179 cm³/mol. The number of aryl methyl sites for hydroxylation is 1. The fourth-order valence-electron chi connectivity index (χ4n) is 8.36. The number of methoxy groups -OCH3 is 1. The number of nitrogens with two attached hydrogens (primary N) is 2. The summed E-state index contributed by atoms with van der Waals surface area (Å²) in [6, 6.07) is 9.82. The van der Waals surface area contributed by atoms with Crippen molar-refractivity contribution in [1.29, 1.82) is 0 Å². The van der Waals surface area contributed by atoms with Crippen molar-refractivity contribution >= 4 is 23.2 Å². The van der Waals surface area contributed by atoms with Crippen molar-refractivity contribution in [2.45, 2.75) is 78.5 Å². The Morgan fingerprint density at radius 1 is 1.11 bits per heavy atom. The molecule has 1 amide bonds. The molecule has 1 fully saturated rings. The normalized spacial score (nSPS) is 27.3. The third kappa shape index (κ3) is 5.00. The van der Waals surface area contributed by atoms with Gasteiger partial charge in [0.1, 0.15) is 22.8 Å². The van der Waals surface area contributed by atoms with Gasteiger partial charge in [0.25, 0.3) is 5.91 Å². The molecule has 10 nitrogen and oxygen atoms in total. The summed E-state index contributed by atoms with van der Waals surface area (Å²) in [5.41, 5.74) is 10.2. The van der Waals surface area contributed by atoms with Gasteiger partial charge in [0.05, 0.1) is 18.2 Å². The van der Waals surface area contributed by atoms with Crippen molar-refractivity contribution in [2.24, 2.45) is 28.7 Å². The minimum Gasteiger partial charge on any atom is -0.508 e. The van der Waals surface area contributed by atoms with E-state index < -0.39 is 57.0 Å². The van der Waals surface area contributed by atoms with Gasteiger partial charge >= 0.3 is 0 Å². The van der Waals surface area contributed by atoms with Crippen molar-refractivity contribution in [3.05, 3.63) is 69.5 Å². The van der Waals surface area contributed by atoms with Crippen LogP contribution in [0.2, 0.25) is 0 Å². The molecule has 4 atom stereocenters. The number of primary amides is 1. The Bertz CT molecular complexity index is 1740. The summed E-state index contributed by atoms with van der Waals surface area (Å²) in [7, 11) is 1.60. The van der Waals surface area contributed by atoms with E-state index in [0.717, 1.165) is 36.3 Å². The SMILES string of the molecule is CCN(CC)Cc1ccc(OC)c(-c2ccc(C)c3c2CC2(N)CC4(C)C(CC(C)C)C(=O)C(C(N)=O)=C(O)[C@@]4(O)C(=O)C2=C3O)c1. The highest BCUT2D eigenvalue weighted by Crippen LogP contribution is 2.61. The number of ketones is 2. The van der Waals surface area contributed by atoms with Crippen LogP contribution < -0.4 is 16.2 Å². The van der Waals surface area contributed by atoms with Crippen molar-refractivity contribution in [1.82, 2.24) is 4.90 Å². The van der Waals surface area contributed by atoms with Gasteiger partial charge in [-0.3, -0.25) is 19.3 Å². The number of carbonyl (C=O) groups is 3. The van der Waals surface area contributed by atoms with Crippen LogP contribution in [0.5, 0.6) is 5.75 Å². The number of nitrogens with zero attached hydrogens (tertiary/aromatic N) is 1. The predicted octanol–water partition coefficient (Wildman–Crippen LogP) is 4.29. The Hall–Kier alpha value is -3.99. The van der Waals surface area contributed by atoms with E-state index in [-0.39, 0.29) is 30.8 Å². The zero-order valence-electron chi connectivity index (χ0n) is 28.4. The van der Waals surface area contributed by atoms with Crippen LogP contribution in [0.4, 0.5) is 0 Å². The topological polar surface area (TPSA) is 176 Å². The first-order valence-corrected chi connectivity index (χ1v) is 16.3. The molecule has 0 radical (unpaired) electrons. The summed E-state index contributed by atoms with van der Waals surface area (Å²) in [5.74, 6) is -5.01. The van der Waals surface area contributed by atoms with E-state index in [1.165, 1.54) is 0 Å². The zero-order chi connectivity index (χ0) is 34.8. The first kappa shape index (κ1) is 34.3. The lowest BCUT2D eigenvalue weighted by Gasteiger charge is -2.59. The molecule has 0 bridgehead atoms. The minimum atomic E-state index is -2.72. The minimum absolute atomic E-state index is 0.0778. The number of amides is 1. The van der Waals surface area contributed by atoms with Gasteiger partial charge in [0, 0.05) is 29.0 Å². The molecule has 3 aliphatic rings. The number of fused-ring (bicyclic) bond motifs is 3. The van der Waals surface area contributed by atoms with Gasteiger partial charge in [-0.1, -0.05) is 52.8 Å². The first-order valence-electron chi connectivity index (χ1n) is 16.3. The number of carbonyl (C=O) groups excluding carboxylic acids is 3. The molecule has 1 saturated carbocycles. The number of benzene rings is 2. The highest BCUT2D eigenvalue weighted by molar-refractivity contribution is 6.24. The van der Waals surface area contributed by atoms with Crippen LogP contribution in [0.3, 0.4) is 0 Å². The Balaban J connectivity index is 1.77. The van der Waals surface area contributed by atoms with Gasteiger partial charge in [-0.05, 0) is 79.6 Å². The Morgan fingerprint density at radius 2 is 1.77 bits per heavy atom. The molecule has 2 aromatic carbocycles. The van der Waals surface area contributed by atoms with E-state index in [1.54, 1.807) is 14.0 Å². The molecular formula is C37H47N3O7. The summed E-state index contributed by atoms with van der Waals surface area (Å²) in [5, 5.41) is 35.7. The van der Waals surface area contributed by atoms with Crippen LogP contribution in [-0.4, -0.2) is 69.0 Å². The average molecular weight is 646 g/mol. The monoisotopic (exact) mass is 645 g/mol. The van der Waals surface area contributed by atoms with E-state index in [0.29, 0.717) is 22.4 Å². The molecule has 3 aliphatic carbocycles. The summed E-state index contributed by atoms with van der Waals surface area (Å²) >= 11 is 0. The van der Waals surface area contributed by atoms with Crippen LogP contribution >= 0.6 is 0 Å². The molecule has 2 aromatic rings. The van der Waals surface area contributed by atoms with E-state index in [9.17, 15) is 29.7 Å². The van der Waals surface area contributed by atoms with Gasteiger partial charge < -0.3 is 31.5 Å². The summed E-state index contributed by atoms with van der Waals surface area (Å²) < 4.78 is 5.80. The largest absolute Gasteiger partial charge is 0.508 e. The second-order valence-corrected chi connectivity index (χ2v) is 14.1. The first-order chi connectivity index (χ1) is 22.0. The molecular weight excluding hydrogens is 598 g/mol. The molecule has 252 valence electrons. The fraction of sp³-hybridized carbons (Fsp3) is 0.486. The average Bonchev–Trinajstić information content (AvgIpc) is 3.00. The van der Waals surface area contributed by atoms with Crippen LogP contribution in [0, 0.1) is 24.2 Å². The van der Waals surface area contributed by atoms with Crippen LogP contribution in [0.15, 0.2) is 47.2 Å². The summed E-state index contributed by atoms with van der Waals surface area (Å²) in [6.07, 6.45) is 0.149. The summed E-state index contributed by atoms with van der Waals surface area (Å²) in [4.78, 5) is 43.2. The Kier molecular flexibility index (Phi) is 8.71. The molecule has 0 saturated heterocycles. The Morgan fingerprint density at radius 3 is 2.34 bits per heavy atom. The lowest BCUT2D eigenvalue weighted by Crippen LogP contribution is -2.72. The third-order valence-corrected chi connectivity index (χ3v) is 10.8. The molecule has 0 spiro atoms. The quantitative estimate of drug-likeness (QED) is 0.249. The van der Waals surface area contributed by atoms with Crippen molar-refractivity contribution < 1.29 is 34.4 Å². The molecule has 7 N–H and O–H groups in total. The van der Waals surface area contributed by atoms with Gasteiger partial charge in [0.2, 0.25) is 5.78 Å². The molecule has 0 aromatic heterocycles. The lowest BCUT2D eigenvalue weighted by molar-refractivity contribution is -0.173. The molecule has 3 unspecified atom stereocenters. The maximum atomic E-state index is 14.6. The number of hydrogen-bond donors (Lipinski definition) is 5. The molecule has 0 heterocycles. The number of aliphatic hydroxyl groups is 3. The van der Waals surface area contributed by atoms with Gasteiger partial charge in [-0.15, -0.1) is 0 Å². The number of ether oxygens (including phenoxy) is 1.